The van der Waals surface area contributed by atoms with Crippen molar-refractivity contribution in [1.82, 2.24) is 5.32 Å². The lowest BCUT2D eigenvalue weighted by atomic mass is 10.1. The van der Waals surface area contributed by atoms with E-state index in [1.54, 1.807) is 0 Å². The molecule has 0 aliphatic carbocycles. The van der Waals surface area contributed by atoms with Gasteiger partial charge in [0.2, 0.25) is 0 Å². The Balaban J connectivity index is 1.85. The van der Waals surface area contributed by atoms with Crippen LogP contribution in [0.15, 0.2) is 60.7 Å². The number of ether oxygens (including phenoxy) is 1. The topological polar surface area (TPSA) is 58.6 Å². The van der Waals surface area contributed by atoms with E-state index < -0.39 is 5.97 Å². The SMILES string of the molecule is O=C(O)CCC(NCCc1ccccc1)Oc1ccccc1. The number of para-hydroxylation sites is 1. The predicted octanol–water partition coefficient (Wildman–Crippen LogP) is 3.09. The van der Waals surface area contributed by atoms with Crippen LogP contribution in [0, 0.1) is 0 Å². The number of aliphatic carboxylic acids is 1. The molecule has 0 heterocycles. The van der Waals surface area contributed by atoms with E-state index in [1.807, 2.05) is 48.5 Å². The highest BCUT2D eigenvalue weighted by Crippen LogP contribution is 2.12. The summed E-state index contributed by atoms with van der Waals surface area (Å²) < 4.78 is 5.83. The Morgan fingerprint density at radius 2 is 1.68 bits per heavy atom. The van der Waals surface area contributed by atoms with Crippen LogP contribution in [0.3, 0.4) is 0 Å². The maximum atomic E-state index is 10.8. The first-order valence-corrected chi connectivity index (χ1v) is 7.45. The second kappa shape index (κ2) is 8.85. The monoisotopic (exact) mass is 299 g/mol. The van der Waals surface area contributed by atoms with Gasteiger partial charge in [0.25, 0.3) is 0 Å². The van der Waals surface area contributed by atoms with Gasteiger partial charge in [-0.1, -0.05) is 48.5 Å². The Morgan fingerprint density at radius 1 is 1.05 bits per heavy atom. The van der Waals surface area contributed by atoms with Gasteiger partial charge in [-0.2, -0.15) is 0 Å². The molecule has 0 spiro atoms. The molecule has 0 aromatic heterocycles. The number of benzene rings is 2. The number of carboxylic acid groups (broad SMARTS) is 1. The maximum Gasteiger partial charge on any atom is 0.303 e. The minimum absolute atomic E-state index is 0.0792. The Bertz CT molecular complexity index is 557. The van der Waals surface area contributed by atoms with Crippen molar-refractivity contribution in [1.29, 1.82) is 0 Å². The standard InChI is InChI=1S/C18H21NO3/c20-18(21)12-11-17(22-16-9-5-2-6-10-16)19-14-13-15-7-3-1-4-8-15/h1-10,17,19H,11-14H2,(H,20,21). The quantitative estimate of drug-likeness (QED) is 0.699. The summed E-state index contributed by atoms with van der Waals surface area (Å²) >= 11 is 0. The molecule has 2 aromatic rings. The molecule has 0 bridgehead atoms. The van der Waals surface area contributed by atoms with Crippen LogP contribution in [-0.2, 0) is 11.2 Å². The van der Waals surface area contributed by atoms with Gasteiger partial charge in [0, 0.05) is 13.0 Å². The third-order valence-corrected chi connectivity index (χ3v) is 3.27. The average Bonchev–Trinajstić information content (AvgIpc) is 2.54. The van der Waals surface area contributed by atoms with Crippen LogP contribution in [0.25, 0.3) is 0 Å². The summed E-state index contributed by atoms with van der Waals surface area (Å²) in [5, 5.41) is 12.1. The van der Waals surface area contributed by atoms with Gasteiger partial charge in [-0.05, 0) is 24.1 Å². The number of hydrogen-bond donors (Lipinski definition) is 2. The summed E-state index contributed by atoms with van der Waals surface area (Å²) in [6.07, 6.45) is 1.08. The summed E-state index contributed by atoms with van der Waals surface area (Å²) in [4.78, 5) is 10.8. The predicted molar refractivity (Wildman–Crippen MR) is 85.9 cm³/mol. The fourth-order valence-electron chi connectivity index (χ4n) is 2.14. The summed E-state index contributed by atoms with van der Waals surface area (Å²) in [5.41, 5.74) is 1.24. The molecule has 0 saturated heterocycles. The fraction of sp³-hybridized carbons (Fsp3) is 0.278. The zero-order valence-electron chi connectivity index (χ0n) is 12.4. The number of nitrogens with one attached hydrogen (secondary N) is 1. The van der Waals surface area contributed by atoms with E-state index in [2.05, 4.69) is 17.4 Å². The highest BCUT2D eigenvalue weighted by atomic mass is 16.5. The Morgan fingerprint density at radius 3 is 2.32 bits per heavy atom. The van der Waals surface area contributed by atoms with Crippen molar-refractivity contribution >= 4 is 5.97 Å². The zero-order chi connectivity index (χ0) is 15.6. The molecule has 2 rings (SSSR count). The number of carbonyl (C=O) groups is 1. The van der Waals surface area contributed by atoms with Gasteiger partial charge in [-0.15, -0.1) is 0 Å². The van der Waals surface area contributed by atoms with Crippen LogP contribution < -0.4 is 10.1 Å². The molecule has 2 aromatic carbocycles. The van der Waals surface area contributed by atoms with Crippen LogP contribution in [0.2, 0.25) is 0 Å². The van der Waals surface area contributed by atoms with Gasteiger partial charge in [0.05, 0.1) is 6.42 Å². The smallest absolute Gasteiger partial charge is 0.303 e. The first-order valence-electron chi connectivity index (χ1n) is 7.45. The normalized spacial score (nSPS) is 11.8. The second-order valence-electron chi connectivity index (χ2n) is 5.04. The number of hydrogen-bond acceptors (Lipinski definition) is 3. The average molecular weight is 299 g/mol. The third-order valence-electron chi connectivity index (χ3n) is 3.27. The number of carboxylic acids is 1. The van der Waals surface area contributed by atoms with Crippen molar-refractivity contribution in [2.75, 3.05) is 6.54 Å². The molecule has 2 N–H and O–H groups in total. The highest BCUT2D eigenvalue weighted by Gasteiger charge is 2.12. The Labute approximate surface area is 130 Å². The summed E-state index contributed by atoms with van der Waals surface area (Å²) in [7, 11) is 0. The van der Waals surface area contributed by atoms with E-state index in [4.69, 9.17) is 9.84 Å². The van der Waals surface area contributed by atoms with E-state index >= 15 is 0 Å². The largest absolute Gasteiger partial charge is 0.481 e. The third kappa shape index (κ3) is 5.97. The van der Waals surface area contributed by atoms with Crippen molar-refractivity contribution in [3.05, 3.63) is 66.2 Å². The second-order valence-corrected chi connectivity index (χ2v) is 5.04. The Hall–Kier alpha value is -2.33. The summed E-state index contributed by atoms with van der Waals surface area (Å²) in [5.74, 6) is -0.0726. The van der Waals surface area contributed by atoms with Crippen LogP contribution >= 0.6 is 0 Å². The molecule has 0 fully saturated rings. The molecule has 1 atom stereocenters. The van der Waals surface area contributed by atoms with Crippen molar-refractivity contribution in [2.45, 2.75) is 25.5 Å². The summed E-state index contributed by atoms with van der Waals surface area (Å²) in [6, 6.07) is 19.6. The minimum Gasteiger partial charge on any atom is -0.481 e. The van der Waals surface area contributed by atoms with Crippen LogP contribution in [0.1, 0.15) is 18.4 Å². The molecule has 0 amide bonds. The molecule has 22 heavy (non-hydrogen) atoms. The lowest BCUT2D eigenvalue weighted by Crippen LogP contribution is -2.36. The van der Waals surface area contributed by atoms with E-state index in [-0.39, 0.29) is 12.6 Å². The van der Waals surface area contributed by atoms with Crippen LogP contribution in [0.5, 0.6) is 5.75 Å². The van der Waals surface area contributed by atoms with Crippen molar-refractivity contribution in [3.8, 4) is 5.75 Å². The lowest BCUT2D eigenvalue weighted by molar-refractivity contribution is -0.137. The Kier molecular flexibility index (Phi) is 6.45. The maximum absolute atomic E-state index is 10.8. The zero-order valence-corrected chi connectivity index (χ0v) is 12.4. The summed E-state index contributed by atoms with van der Waals surface area (Å²) in [6.45, 7) is 0.737. The molecule has 4 nitrogen and oxygen atoms in total. The van der Waals surface area contributed by atoms with Crippen LogP contribution in [-0.4, -0.2) is 23.8 Å². The first-order chi connectivity index (χ1) is 10.7. The fourth-order valence-corrected chi connectivity index (χ4v) is 2.14. The van der Waals surface area contributed by atoms with Crippen molar-refractivity contribution in [2.24, 2.45) is 0 Å². The molecule has 4 heteroatoms. The minimum atomic E-state index is -0.813. The van der Waals surface area contributed by atoms with Gasteiger partial charge in [0.15, 0.2) is 6.23 Å². The van der Waals surface area contributed by atoms with Crippen molar-refractivity contribution in [3.63, 3.8) is 0 Å². The molecule has 1 unspecified atom stereocenters. The van der Waals surface area contributed by atoms with Gasteiger partial charge in [-0.25, -0.2) is 0 Å². The van der Waals surface area contributed by atoms with E-state index in [1.165, 1.54) is 5.56 Å². The molecule has 0 aliphatic rings. The van der Waals surface area contributed by atoms with Gasteiger partial charge < -0.3 is 9.84 Å². The molecule has 0 aliphatic heterocycles. The van der Waals surface area contributed by atoms with Crippen LogP contribution in [0.4, 0.5) is 0 Å². The number of rotatable bonds is 9. The van der Waals surface area contributed by atoms with Gasteiger partial charge in [-0.3, -0.25) is 10.1 Å². The molecular weight excluding hydrogens is 278 g/mol. The lowest BCUT2D eigenvalue weighted by Gasteiger charge is -2.20. The van der Waals surface area contributed by atoms with E-state index in [0.717, 1.165) is 18.7 Å². The van der Waals surface area contributed by atoms with Gasteiger partial charge >= 0.3 is 5.97 Å². The van der Waals surface area contributed by atoms with E-state index in [0.29, 0.717) is 6.42 Å². The molecule has 0 saturated carbocycles. The molecular formula is C18H21NO3. The first kappa shape index (κ1) is 16.0. The van der Waals surface area contributed by atoms with E-state index in [9.17, 15) is 4.79 Å². The van der Waals surface area contributed by atoms with Crippen molar-refractivity contribution < 1.29 is 14.6 Å². The molecule has 0 radical (unpaired) electrons. The van der Waals surface area contributed by atoms with Gasteiger partial charge in [0.1, 0.15) is 5.75 Å². The highest BCUT2D eigenvalue weighted by molar-refractivity contribution is 5.66. The molecule has 116 valence electrons.